The molecule has 0 heterocycles. The summed E-state index contributed by atoms with van der Waals surface area (Å²) in [5, 5.41) is 9.91. The van der Waals surface area contributed by atoms with Crippen molar-refractivity contribution in [3.05, 3.63) is 0 Å². The summed E-state index contributed by atoms with van der Waals surface area (Å²) in [6.45, 7) is 24.3. The number of rotatable bonds is 13. The molecule has 0 aromatic carbocycles. The largest absolute Gasteiger partial charge is 0.469 e. The minimum absolute atomic E-state index is 0.133. The van der Waals surface area contributed by atoms with E-state index in [-0.39, 0.29) is 6.61 Å². The Morgan fingerprint density at radius 3 is 1.56 bits per heavy atom. The SMILES string of the molecule is CC(C)(C)OC(=O)C(O)CC(=O)OCCC[Si](O[Si](C)(C)C)(O[Si](C)(C)C)O[Si](C)(C)C. The molecule has 0 aliphatic heterocycles. The van der Waals surface area contributed by atoms with Gasteiger partial charge in [-0.05, 0) is 86.1 Å². The molecule has 32 heavy (non-hydrogen) atoms. The molecule has 0 fully saturated rings. The number of aliphatic hydroxyl groups is 1. The van der Waals surface area contributed by atoms with Crippen LogP contribution in [0.3, 0.4) is 0 Å². The second-order valence-electron chi connectivity index (χ2n) is 11.9. The summed E-state index contributed by atoms with van der Waals surface area (Å²) in [7, 11) is -8.87. The molecule has 1 N–H and O–H groups in total. The van der Waals surface area contributed by atoms with Gasteiger partial charge in [-0.3, -0.25) is 4.79 Å². The van der Waals surface area contributed by atoms with Gasteiger partial charge in [0.2, 0.25) is 0 Å². The Balaban J connectivity index is 5.07. The summed E-state index contributed by atoms with van der Waals surface area (Å²) in [6, 6.07) is 0.549. The fraction of sp³-hybridized carbons (Fsp3) is 0.900. The quantitative estimate of drug-likeness (QED) is 0.213. The van der Waals surface area contributed by atoms with E-state index in [9.17, 15) is 14.7 Å². The topological polar surface area (TPSA) is 101 Å². The molecule has 0 aromatic rings. The van der Waals surface area contributed by atoms with Gasteiger partial charge in [-0.15, -0.1) is 0 Å². The third-order valence-electron chi connectivity index (χ3n) is 3.31. The highest BCUT2D eigenvalue weighted by molar-refractivity contribution is 6.90. The van der Waals surface area contributed by atoms with Crippen LogP contribution in [0.1, 0.15) is 33.6 Å². The zero-order valence-electron chi connectivity index (χ0n) is 22.2. The van der Waals surface area contributed by atoms with Crippen molar-refractivity contribution in [3.8, 4) is 0 Å². The van der Waals surface area contributed by atoms with E-state index in [0.29, 0.717) is 12.5 Å². The van der Waals surface area contributed by atoms with Crippen molar-refractivity contribution in [2.45, 2.75) is 110 Å². The second-order valence-corrected chi connectivity index (χ2v) is 28.9. The average Bonchev–Trinajstić information content (AvgIpc) is 2.44. The molecule has 190 valence electrons. The minimum Gasteiger partial charge on any atom is -0.466 e. The van der Waals surface area contributed by atoms with Gasteiger partial charge in [0.15, 0.2) is 31.1 Å². The second kappa shape index (κ2) is 11.9. The predicted octanol–water partition coefficient (Wildman–Crippen LogP) is 4.51. The maximum atomic E-state index is 12.1. The fourth-order valence-electron chi connectivity index (χ4n) is 2.76. The lowest BCUT2D eigenvalue weighted by Gasteiger charge is -2.42. The maximum Gasteiger partial charge on any atom is 0.469 e. The van der Waals surface area contributed by atoms with E-state index in [4.69, 9.17) is 21.8 Å². The van der Waals surface area contributed by atoms with Crippen LogP contribution < -0.4 is 0 Å². The van der Waals surface area contributed by atoms with E-state index >= 15 is 0 Å². The van der Waals surface area contributed by atoms with Gasteiger partial charge in [-0.1, -0.05) is 0 Å². The Morgan fingerprint density at radius 1 is 0.812 bits per heavy atom. The Hall–Kier alpha value is -0.352. The molecule has 1 atom stereocenters. The highest BCUT2D eigenvalue weighted by Crippen LogP contribution is 2.30. The first-order chi connectivity index (χ1) is 14.0. The van der Waals surface area contributed by atoms with Crippen LogP contribution in [0.25, 0.3) is 0 Å². The van der Waals surface area contributed by atoms with Crippen LogP contribution in [-0.4, -0.2) is 69.1 Å². The molecule has 0 radical (unpaired) electrons. The van der Waals surface area contributed by atoms with Crippen molar-refractivity contribution in [2.24, 2.45) is 0 Å². The van der Waals surface area contributed by atoms with Gasteiger partial charge in [-0.25, -0.2) is 4.79 Å². The fourth-order valence-corrected chi connectivity index (χ4v) is 17.4. The summed E-state index contributed by atoms with van der Waals surface area (Å²) in [5.41, 5.74) is -0.737. The van der Waals surface area contributed by atoms with Crippen molar-refractivity contribution < 1.29 is 36.5 Å². The summed E-state index contributed by atoms with van der Waals surface area (Å²) >= 11 is 0. The highest BCUT2D eigenvalue weighted by Gasteiger charge is 2.49. The van der Waals surface area contributed by atoms with E-state index in [1.807, 2.05) is 0 Å². The minimum atomic E-state index is -2.98. The molecular formula is C20H46O8Si4. The predicted molar refractivity (Wildman–Crippen MR) is 136 cm³/mol. The number of hydrogen-bond acceptors (Lipinski definition) is 8. The van der Waals surface area contributed by atoms with Crippen LogP contribution in [0, 0.1) is 0 Å². The number of ether oxygens (including phenoxy) is 2. The number of carbonyl (C=O) groups is 2. The molecule has 0 aliphatic rings. The monoisotopic (exact) mass is 526 g/mol. The van der Waals surface area contributed by atoms with Crippen LogP contribution in [0.5, 0.6) is 0 Å². The molecule has 0 amide bonds. The van der Waals surface area contributed by atoms with Crippen molar-refractivity contribution in [1.82, 2.24) is 0 Å². The van der Waals surface area contributed by atoms with Crippen LogP contribution in [0.15, 0.2) is 0 Å². The first-order valence-corrected chi connectivity index (χ1v) is 23.4. The van der Waals surface area contributed by atoms with E-state index in [0.717, 1.165) is 0 Å². The standard InChI is InChI=1S/C20H46O8Si4/c1-20(2,3)25-19(23)17(21)16-18(22)24-14-13-15-32(26-29(4,5)6,27-30(7,8)9)28-31(10,11)12/h17,21H,13-16H2,1-12H3. The molecule has 1 unspecified atom stereocenters. The van der Waals surface area contributed by atoms with Gasteiger partial charge in [-0.2, -0.15) is 0 Å². The van der Waals surface area contributed by atoms with Crippen molar-refractivity contribution in [2.75, 3.05) is 6.61 Å². The molecule has 0 aliphatic carbocycles. The first-order valence-electron chi connectivity index (χ1n) is 11.2. The summed E-state index contributed by atoms with van der Waals surface area (Å²) in [4.78, 5) is 23.9. The molecular weight excluding hydrogens is 481 g/mol. The van der Waals surface area contributed by atoms with Crippen molar-refractivity contribution in [1.29, 1.82) is 0 Å². The lowest BCUT2D eigenvalue weighted by atomic mass is 10.2. The number of aliphatic hydroxyl groups excluding tert-OH is 1. The van der Waals surface area contributed by atoms with E-state index in [2.05, 4.69) is 58.9 Å². The molecule has 0 rings (SSSR count). The molecule has 0 spiro atoms. The highest BCUT2D eigenvalue weighted by atomic mass is 28.5. The first kappa shape index (κ1) is 31.6. The number of esters is 2. The molecule has 8 nitrogen and oxygen atoms in total. The summed E-state index contributed by atoms with van der Waals surface area (Å²) < 4.78 is 30.1. The Labute approximate surface area is 199 Å². The van der Waals surface area contributed by atoms with Gasteiger partial charge in [0.05, 0.1) is 13.0 Å². The molecule has 0 saturated heterocycles. The van der Waals surface area contributed by atoms with Crippen LogP contribution in [-0.2, 0) is 31.4 Å². The zero-order chi connectivity index (χ0) is 25.6. The average molecular weight is 527 g/mol. The van der Waals surface area contributed by atoms with E-state index in [1.54, 1.807) is 20.8 Å². The Bertz CT molecular complexity index is 574. The van der Waals surface area contributed by atoms with Crippen molar-refractivity contribution >= 4 is 45.7 Å². The molecule has 12 heteroatoms. The van der Waals surface area contributed by atoms with E-state index < -0.39 is 63.8 Å². The zero-order valence-corrected chi connectivity index (χ0v) is 26.2. The van der Waals surface area contributed by atoms with Gasteiger partial charge in [0.25, 0.3) is 0 Å². The molecule has 0 saturated carbocycles. The van der Waals surface area contributed by atoms with Crippen LogP contribution in [0.4, 0.5) is 0 Å². The smallest absolute Gasteiger partial charge is 0.466 e. The lowest BCUT2D eigenvalue weighted by Crippen LogP contribution is -2.60. The molecule has 0 bridgehead atoms. The number of hydrogen-bond donors (Lipinski definition) is 1. The van der Waals surface area contributed by atoms with Crippen LogP contribution in [0.2, 0.25) is 65.0 Å². The third kappa shape index (κ3) is 16.3. The Kier molecular flexibility index (Phi) is 11.7. The maximum absolute atomic E-state index is 12.1. The van der Waals surface area contributed by atoms with Gasteiger partial charge in [0, 0.05) is 6.04 Å². The third-order valence-corrected chi connectivity index (χ3v) is 15.4. The van der Waals surface area contributed by atoms with Gasteiger partial charge >= 0.3 is 20.7 Å². The van der Waals surface area contributed by atoms with Gasteiger partial charge in [0.1, 0.15) is 5.60 Å². The number of carbonyl (C=O) groups excluding carboxylic acids is 2. The summed E-state index contributed by atoms with van der Waals surface area (Å²) in [5.74, 6) is -1.49. The summed E-state index contributed by atoms with van der Waals surface area (Å²) in [6.07, 6.45) is -1.48. The van der Waals surface area contributed by atoms with Crippen molar-refractivity contribution in [3.63, 3.8) is 0 Å². The lowest BCUT2D eigenvalue weighted by molar-refractivity contribution is -0.169. The van der Waals surface area contributed by atoms with Gasteiger partial charge < -0.3 is 26.9 Å². The normalized spacial score (nSPS) is 14.8. The Morgan fingerprint density at radius 2 is 1.22 bits per heavy atom. The van der Waals surface area contributed by atoms with Crippen LogP contribution >= 0.6 is 0 Å². The van der Waals surface area contributed by atoms with E-state index in [1.165, 1.54) is 0 Å². The molecule has 0 aromatic heterocycles.